The van der Waals surface area contributed by atoms with Crippen LogP contribution in [0.1, 0.15) is 28.8 Å². The molecule has 2 heterocycles. The molecule has 1 atom stereocenters. The van der Waals surface area contributed by atoms with Gasteiger partial charge in [-0.25, -0.2) is 0 Å². The third-order valence-electron chi connectivity index (χ3n) is 5.54. The molecule has 158 valence electrons. The summed E-state index contributed by atoms with van der Waals surface area (Å²) in [7, 11) is 0. The summed E-state index contributed by atoms with van der Waals surface area (Å²) in [6, 6.07) is 15.2. The first kappa shape index (κ1) is 20.9. The summed E-state index contributed by atoms with van der Waals surface area (Å²) in [4.78, 5) is 29.3. The Morgan fingerprint density at radius 3 is 2.43 bits per heavy atom. The summed E-state index contributed by atoms with van der Waals surface area (Å²) in [5, 5.41) is 0. The van der Waals surface area contributed by atoms with Gasteiger partial charge in [0.2, 0.25) is 0 Å². The molecule has 0 aromatic heterocycles. The Morgan fingerprint density at radius 1 is 1.00 bits per heavy atom. The van der Waals surface area contributed by atoms with Crippen molar-refractivity contribution in [1.82, 2.24) is 9.80 Å². The number of carbonyl (C=O) groups is 2. The van der Waals surface area contributed by atoms with Crippen LogP contribution in [-0.2, 0) is 16.1 Å². The van der Waals surface area contributed by atoms with Gasteiger partial charge in [-0.05, 0) is 31.0 Å². The number of hydrogen-bond acceptors (Lipinski definition) is 4. The van der Waals surface area contributed by atoms with E-state index in [1.54, 1.807) is 11.0 Å². The summed E-state index contributed by atoms with van der Waals surface area (Å²) in [5.74, 6) is 0.551. The molecule has 0 N–H and O–H groups in total. The number of para-hydroxylation sites is 1. The first-order valence-electron chi connectivity index (χ1n) is 10.3. The molecule has 7 heteroatoms. The molecular weight excluding hydrogens is 448 g/mol. The molecule has 30 heavy (non-hydrogen) atoms. The lowest BCUT2D eigenvalue weighted by Crippen LogP contribution is -2.52. The SMILES string of the molecule is O=C(c1ccccc1OCc1ccccc1Br)N1CCN(C(=O)C2CCCO2)CC1. The maximum absolute atomic E-state index is 13.1. The maximum Gasteiger partial charge on any atom is 0.257 e. The average molecular weight is 473 g/mol. The molecule has 2 aromatic carbocycles. The van der Waals surface area contributed by atoms with Gasteiger partial charge in [0.25, 0.3) is 11.8 Å². The third-order valence-corrected chi connectivity index (χ3v) is 6.32. The summed E-state index contributed by atoms with van der Waals surface area (Å²) < 4.78 is 12.5. The van der Waals surface area contributed by atoms with Gasteiger partial charge in [0, 0.05) is 42.8 Å². The lowest BCUT2D eigenvalue weighted by Gasteiger charge is -2.36. The molecule has 2 aliphatic rings. The highest BCUT2D eigenvalue weighted by Crippen LogP contribution is 2.24. The molecule has 1 unspecified atom stereocenters. The van der Waals surface area contributed by atoms with Gasteiger partial charge in [-0.2, -0.15) is 0 Å². The minimum atomic E-state index is -0.307. The van der Waals surface area contributed by atoms with Crippen LogP contribution in [0.5, 0.6) is 5.75 Å². The Balaban J connectivity index is 1.38. The van der Waals surface area contributed by atoms with E-state index in [9.17, 15) is 9.59 Å². The van der Waals surface area contributed by atoms with E-state index in [0.717, 1.165) is 22.9 Å². The molecular formula is C23H25BrN2O4. The molecule has 0 saturated carbocycles. The van der Waals surface area contributed by atoms with Crippen molar-refractivity contribution in [2.24, 2.45) is 0 Å². The Hall–Kier alpha value is -2.38. The van der Waals surface area contributed by atoms with Gasteiger partial charge in [0.15, 0.2) is 0 Å². The average Bonchev–Trinajstić information content (AvgIpc) is 3.33. The molecule has 0 aliphatic carbocycles. The van der Waals surface area contributed by atoms with Crippen LogP contribution in [0, 0.1) is 0 Å². The molecule has 2 fully saturated rings. The van der Waals surface area contributed by atoms with Crippen LogP contribution in [0.3, 0.4) is 0 Å². The summed E-state index contributed by atoms with van der Waals surface area (Å²) in [5.41, 5.74) is 1.56. The Labute approximate surface area is 184 Å². The quantitative estimate of drug-likeness (QED) is 0.668. The van der Waals surface area contributed by atoms with Gasteiger partial charge in [-0.15, -0.1) is 0 Å². The highest BCUT2D eigenvalue weighted by Gasteiger charge is 2.32. The monoisotopic (exact) mass is 472 g/mol. The normalized spacial score (nSPS) is 19.0. The van der Waals surface area contributed by atoms with Gasteiger partial charge in [-0.1, -0.05) is 46.3 Å². The predicted molar refractivity (Wildman–Crippen MR) is 116 cm³/mol. The fourth-order valence-electron chi connectivity index (χ4n) is 3.82. The Morgan fingerprint density at radius 2 is 1.70 bits per heavy atom. The van der Waals surface area contributed by atoms with Crippen molar-refractivity contribution in [1.29, 1.82) is 0 Å². The minimum absolute atomic E-state index is 0.0526. The van der Waals surface area contributed by atoms with Crippen LogP contribution >= 0.6 is 15.9 Å². The number of amides is 2. The van der Waals surface area contributed by atoms with Gasteiger partial charge in [0.05, 0.1) is 5.56 Å². The standard InChI is InChI=1S/C23H25BrN2O4/c24-19-8-3-1-6-17(19)16-30-20-9-4-2-7-18(20)22(27)25-11-13-26(14-12-25)23(28)21-10-5-15-29-21/h1-4,6-9,21H,5,10-16H2. The number of benzene rings is 2. The van der Waals surface area contributed by atoms with Crippen LogP contribution in [0.15, 0.2) is 53.0 Å². The molecule has 6 nitrogen and oxygen atoms in total. The van der Waals surface area contributed by atoms with Crippen LogP contribution in [0.4, 0.5) is 0 Å². The predicted octanol–water partition coefficient (Wildman–Crippen LogP) is 3.49. The number of halogens is 1. The van der Waals surface area contributed by atoms with Crippen molar-refractivity contribution in [3.8, 4) is 5.75 Å². The first-order valence-corrected chi connectivity index (χ1v) is 11.1. The Kier molecular flexibility index (Phi) is 6.69. The molecule has 0 spiro atoms. The number of piperazine rings is 1. The Bertz CT molecular complexity index is 906. The molecule has 4 rings (SSSR count). The zero-order valence-corrected chi connectivity index (χ0v) is 18.3. The van der Waals surface area contributed by atoms with E-state index in [-0.39, 0.29) is 17.9 Å². The largest absolute Gasteiger partial charge is 0.488 e. The highest BCUT2D eigenvalue weighted by atomic mass is 79.9. The summed E-state index contributed by atoms with van der Waals surface area (Å²) >= 11 is 3.53. The topological polar surface area (TPSA) is 59.1 Å². The maximum atomic E-state index is 13.1. The zero-order chi connectivity index (χ0) is 20.9. The molecule has 2 aliphatic heterocycles. The fourth-order valence-corrected chi connectivity index (χ4v) is 4.22. The molecule has 2 aromatic rings. The molecule has 2 saturated heterocycles. The number of nitrogens with zero attached hydrogens (tertiary/aromatic N) is 2. The van der Waals surface area contributed by atoms with Crippen LogP contribution in [0.25, 0.3) is 0 Å². The van der Waals surface area contributed by atoms with Crippen LogP contribution in [-0.4, -0.2) is 60.5 Å². The van der Waals surface area contributed by atoms with Crippen molar-refractivity contribution in [2.45, 2.75) is 25.6 Å². The second kappa shape index (κ2) is 9.62. The lowest BCUT2D eigenvalue weighted by atomic mass is 10.1. The number of carbonyl (C=O) groups excluding carboxylic acids is 2. The van der Waals surface area contributed by atoms with Crippen molar-refractivity contribution in [3.05, 3.63) is 64.1 Å². The third kappa shape index (κ3) is 4.68. The van der Waals surface area contributed by atoms with Gasteiger partial charge < -0.3 is 19.3 Å². The summed E-state index contributed by atoms with van der Waals surface area (Å²) in [6.07, 6.45) is 1.42. The van der Waals surface area contributed by atoms with E-state index < -0.39 is 0 Å². The number of hydrogen-bond donors (Lipinski definition) is 0. The summed E-state index contributed by atoms with van der Waals surface area (Å²) in [6.45, 7) is 3.11. The van der Waals surface area contributed by atoms with E-state index in [1.807, 2.05) is 47.4 Å². The number of rotatable bonds is 5. The smallest absolute Gasteiger partial charge is 0.257 e. The zero-order valence-electron chi connectivity index (χ0n) is 16.8. The lowest BCUT2D eigenvalue weighted by molar-refractivity contribution is -0.142. The van der Waals surface area contributed by atoms with Gasteiger partial charge in [0.1, 0.15) is 18.5 Å². The molecule has 2 amide bonds. The van der Waals surface area contributed by atoms with Gasteiger partial charge in [-0.3, -0.25) is 9.59 Å². The van der Waals surface area contributed by atoms with Crippen molar-refractivity contribution >= 4 is 27.7 Å². The van der Waals surface area contributed by atoms with Crippen molar-refractivity contribution < 1.29 is 19.1 Å². The second-order valence-corrected chi connectivity index (χ2v) is 8.35. The highest BCUT2D eigenvalue weighted by molar-refractivity contribution is 9.10. The molecule has 0 bridgehead atoms. The van der Waals surface area contributed by atoms with E-state index in [0.29, 0.717) is 50.7 Å². The van der Waals surface area contributed by atoms with Crippen LogP contribution < -0.4 is 4.74 Å². The van der Waals surface area contributed by atoms with Crippen molar-refractivity contribution in [2.75, 3.05) is 32.8 Å². The first-order chi connectivity index (χ1) is 14.6. The fraction of sp³-hybridized carbons (Fsp3) is 0.391. The second-order valence-electron chi connectivity index (χ2n) is 7.50. The van der Waals surface area contributed by atoms with E-state index in [4.69, 9.17) is 9.47 Å². The number of ether oxygens (including phenoxy) is 2. The molecule has 0 radical (unpaired) electrons. The minimum Gasteiger partial charge on any atom is -0.488 e. The van der Waals surface area contributed by atoms with E-state index >= 15 is 0 Å². The van der Waals surface area contributed by atoms with E-state index in [2.05, 4.69) is 15.9 Å². The van der Waals surface area contributed by atoms with E-state index in [1.165, 1.54) is 0 Å². The van der Waals surface area contributed by atoms with Crippen LogP contribution in [0.2, 0.25) is 0 Å². The van der Waals surface area contributed by atoms with Gasteiger partial charge >= 0.3 is 0 Å². The van der Waals surface area contributed by atoms with Crippen molar-refractivity contribution in [3.63, 3.8) is 0 Å².